The number of hydrogen-bond acceptors (Lipinski definition) is 4. The average Bonchev–Trinajstić information content (AvgIpc) is 2.75. The fraction of sp³-hybridized carbons (Fsp3) is 0.333. The van der Waals surface area contributed by atoms with Gasteiger partial charge in [0.05, 0.1) is 16.1 Å². The van der Waals surface area contributed by atoms with Gasteiger partial charge in [-0.3, -0.25) is 9.59 Å². The zero-order valence-electron chi connectivity index (χ0n) is 16.3. The molecular formula is C21H25N3O4S. The Balaban J connectivity index is 1.78. The van der Waals surface area contributed by atoms with Crippen molar-refractivity contribution < 1.29 is 18.0 Å². The van der Waals surface area contributed by atoms with Gasteiger partial charge in [-0.25, -0.2) is 13.1 Å². The highest BCUT2D eigenvalue weighted by Crippen LogP contribution is 2.21. The largest absolute Gasteiger partial charge is 0.349 e. The van der Waals surface area contributed by atoms with Gasteiger partial charge in [0.25, 0.3) is 11.8 Å². The van der Waals surface area contributed by atoms with Crippen molar-refractivity contribution in [3.8, 4) is 0 Å². The van der Waals surface area contributed by atoms with E-state index >= 15 is 0 Å². The Kier molecular flexibility index (Phi) is 6.66. The zero-order chi connectivity index (χ0) is 20.9. The highest BCUT2D eigenvalue weighted by molar-refractivity contribution is 7.89. The van der Waals surface area contributed by atoms with Gasteiger partial charge in [0.1, 0.15) is 0 Å². The van der Waals surface area contributed by atoms with Crippen LogP contribution in [0, 0.1) is 0 Å². The molecule has 0 spiro atoms. The van der Waals surface area contributed by atoms with Crippen LogP contribution in [0.25, 0.3) is 0 Å². The molecule has 1 fully saturated rings. The monoisotopic (exact) mass is 415 g/mol. The molecule has 2 aromatic carbocycles. The summed E-state index contributed by atoms with van der Waals surface area (Å²) in [5.74, 6) is -0.713. The summed E-state index contributed by atoms with van der Waals surface area (Å²) in [6, 6.07) is 12.7. The van der Waals surface area contributed by atoms with Gasteiger partial charge < -0.3 is 10.6 Å². The fourth-order valence-corrected chi connectivity index (χ4v) is 4.19. The second kappa shape index (κ2) is 9.19. The molecule has 0 aromatic heterocycles. The van der Waals surface area contributed by atoms with E-state index in [0.29, 0.717) is 11.3 Å². The topological polar surface area (TPSA) is 104 Å². The number of carbonyl (C=O) groups is 2. The Labute approximate surface area is 171 Å². The summed E-state index contributed by atoms with van der Waals surface area (Å²) in [6.07, 6.45) is 5.34. The van der Waals surface area contributed by atoms with Crippen molar-refractivity contribution in [2.24, 2.45) is 0 Å². The minimum absolute atomic E-state index is 0.00373. The number of hydrogen-bond donors (Lipinski definition) is 3. The molecule has 3 rings (SSSR count). The SMILES string of the molecule is CNS(=O)(=O)c1cccc(C(=O)Nc2ccccc2C(=O)NC2CCCCC2)c1. The van der Waals surface area contributed by atoms with Gasteiger partial charge in [0.15, 0.2) is 0 Å². The molecule has 154 valence electrons. The number of sulfonamides is 1. The van der Waals surface area contributed by atoms with E-state index in [1.165, 1.54) is 37.7 Å². The molecule has 1 aliphatic carbocycles. The maximum absolute atomic E-state index is 12.7. The number of anilines is 1. The number of para-hydroxylation sites is 1. The zero-order valence-corrected chi connectivity index (χ0v) is 17.1. The molecule has 0 aliphatic heterocycles. The molecule has 0 saturated heterocycles. The number of benzene rings is 2. The van der Waals surface area contributed by atoms with Crippen LogP contribution >= 0.6 is 0 Å². The van der Waals surface area contributed by atoms with E-state index < -0.39 is 15.9 Å². The maximum atomic E-state index is 12.7. The second-order valence-electron chi connectivity index (χ2n) is 7.04. The van der Waals surface area contributed by atoms with Crippen molar-refractivity contribution in [3.05, 3.63) is 59.7 Å². The summed E-state index contributed by atoms with van der Waals surface area (Å²) in [6.45, 7) is 0. The molecule has 2 amide bonds. The van der Waals surface area contributed by atoms with Crippen LogP contribution in [0.1, 0.15) is 52.8 Å². The van der Waals surface area contributed by atoms with Gasteiger partial charge in [0.2, 0.25) is 10.0 Å². The first-order chi connectivity index (χ1) is 13.9. The molecule has 0 heterocycles. The van der Waals surface area contributed by atoms with E-state index in [1.54, 1.807) is 24.3 Å². The minimum atomic E-state index is -3.66. The van der Waals surface area contributed by atoms with Crippen molar-refractivity contribution in [1.29, 1.82) is 0 Å². The van der Waals surface area contributed by atoms with E-state index in [2.05, 4.69) is 15.4 Å². The molecule has 2 aromatic rings. The van der Waals surface area contributed by atoms with E-state index in [0.717, 1.165) is 25.7 Å². The van der Waals surface area contributed by atoms with Gasteiger partial charge in [-0.2, -0.15) is 0 Å². The van der Waals surface area contributed by atoms with Crippen LogP contribution in [-0.2, 0) is 10.0 Å². The van der Waals surface area contributed by atoms with E-state index in [4.69, 9.17) is 0 Å². The third-order valence-electron chi connectivity index (χ3n) is 5.04. The summed E-state index contributed by atoms with van der Waals surface area (Å²) in [5, 5.41) is 5.77. The van der Waals surface area contributed by atoms with Gasteiger partial charge in [-0.05, 0) is 50.2 Å². The molecule has 3 N–H and O–H groups in total. The van der Waals surface area contributed by atoms with E-state index in [-0.39, 0.29) is 22.4 Å². The lowest BCUT2D eigenvalue weighted by Crippen LogP contribution is -2.36. The van der Waals surface area contributed by atoms with Crippen LogP contribution in [0.2, 0.25) is 0 Å². The normalized spacial score (nSPS) is 14.9. The van der Waals surface area contributed by atoms with Crippen LogP contribution in [0.5, 0.6) is 0 Å². The second-order valence-corrected chi connectivity index (χ2v) is 8.93. The Bertz CT molecular complexity index is 998. The summed E-state index contributed by atoms with van der Waals surface area (Å²) in [7, 11) is -2.35. The molecule has 7 nitrogen and oxygen atoms in total. The average molecular weight is 416 g/mol. The molecule has 0 atom stereocenters. The summed E-state index contributed by atoms with van der Waals surface area (Å²) < 4.78 is 26.2. The summed E-state index contributed by atoms with van der Waals surface area (Å²) in [4.78, 5) is 25.4. The van der Waals surface area contributed by atoms with Crippen molar-refractivity contribution in [2.75, 3.05) is 12.4 Å². The predicted molar refractivity (Wildman–Crippen MR) is 111 cm³/mol. The van der Waals surface area contributed by atoms with Crippen LogP contribution in [-0.4, -0.2) is 33.3 Å². The fourth-order valence-electron chi connectivity index (χ4n) is 3.42. The lowest BCUT2D eigenvalue weighted by atomic mass is 9.95. The summed E-state index contributed by atoms with van der Waals surface area (Å²) in [5.41, 5.74) is 0.946. The molecule has 1 aliphatic rings. The summed E-state index contributed by atoms with van der Waals surface area (Å²) >= 11 is 0. The van der Waals surface area contributed by atoms with Crippen molar-refractivity contribution in [3.63, 3.8) is 0 Å². The van der Waals surface area contributed by atoms with Gasteiger partial charge in [-0.15, -0.1) is 0 Å². The Morgan fingerprint density at radius 3 is 2.38 bits per heavy atom. The van der Waals surface area contributed by atoms with Gasteiger partial charge >= 0.3 is 0 Å². The van der Waals surface area contributed by atoms with Gasteiger partial charge in [0, 0.05) is 11.6 Å². The van der Waals surface area contributed by atoms with Crippen LogP contribution in [0.4, 0.5) is 5.69 Å². The molecule has 8 heteroatoms. The highest BCUT2D eigenvalue weighted by Gasteiger charge is 2.20. The van der Waals surface area contributed by atoms with Crippen LogP contribution in [0.3, 0.4) is 0 Å². The number of nitrogens with one attached hydrogen (secondary N) is 3. The Morgan fingerprint density at radius 2 is 1.66 bits per heavy atom. The Hall–Kier alpha value is -2.71. The highest BCUT2D eigenvalue weighted by atomic mass is 32.2. The number of carbonyl (C=O) groups excluding carboxylic acids is 2. The third-order valence-corrected chi connectivity index (χ3v) is 6.45. The maximum Gasteiger partial charge on any atom is 0.255 e. The first kappa shape index (κ1) is 21.0. The first-order valence-electron chi connectivity index (χ1n) is 9.65. The Morgan fingerprint density at radius 1 is 0.931 bits per heavy atom. The molecule has 0 unspecified atom stereocenters. The van der Waals surface area contributed by atoms with E-state index in [9.17, 15) is 18.0 Å². The number of rotatable bonds is 6. The number of amides is 2. The smallest absolute Gasteiger partial charge is 0.255 e. The van der Waals surface area contributed by atoms with E-state index in [1.807, 2.05) is 0 Å². The van der Waals surface area contributed by atoms with Crippen LogP contribution in [0.15, 0.2) is 53.4 Å². The van der Waals surface area contributed by atoms with Crippen molar-refractivity contribution in [1.82, 2.24) is 10.0 Å². The van der Waals surface area contributed by atoms with Crippen molar-refractivity contribution in [2.45, 2.75) is 43.0 Å². The molecule has 1 saturated carbocycles. The molecule has 0 radical (unpaired) electrons. The minimum Gasteiger partial charge on any atom is -0.349 e. The lowest BCUT2D eigenvalue weighted by molar-refractivity contribution is 0.0928. The molecule has 0 bridgehead atoms. The van der Waals surface area contributed by atoms with Crippen LogP contribution < -0.4 is 15.4 Å². The lowest BCUT2D eigenvalue weighted by Gasteiger charge is -2.23. The predicted octanol–water partition coefficient (Wildman–Crippen LogP) is 2.91. The molecule has 29 heavy (non-hydrogen) atoms. The first-order valence-corrected chi connectivity index (χ1v) is 11.1. The third kappa shape index (κ3) is 5.21. The van der Waals surface area contributed by atoms with Crippen molar-refractivity contribution >= 4 is 27.5 Å². The molecular weight excluding hydrogens is 390 g/mol. The van der Waals surface area contributed by atoms with Gasteiger partial charge in [-0.1, -0.05) is 37.5 Å². The quantitative estimate of drug-likeness (QED) is 0.675. The standard InChI is InChI=1S/C21H25N3O4S/c1-22-29(27,28)17-11-7-8-15(14-17)20(25)24-19-13-6-5-12-18(19)21(26)23-16-9-3-2-4-10-16/h5-8,11-14,16,22H,2-4,9-10H2,1H3,(H,23,26)(H,24,25).